The fourth-order valence-electron chi connectivity index (χ4n) is 2.31. The number of methoxy groups -OCH3 is 2. The molecule has 0 aliphatic heterocycles. The third kappa shape index (κ3) is 5.22. The van der Waals surface area contributed by atoms with Gasteiger partial charge in [-0.15, -0.1) is 0 Å². The Kier molecular flexibility index (Phi) is 7.01. The summed E-state index contributed by atoms with van der Waals surface area (Å²) in [6.07, 6.45) is 4.10. The molecule has 0 amide bonds. The van der Waals surface area contributed by atoms with Crippen LogP contribution in [0.25, 0.3) is 0 Å². The minimum absolute atomic E-state index is 0.534. The predicted octanol–water partition coefficient (Wildman–Crippen LogP) is 2.26. The van der Waals surface area contributed by atoms with E-state index in [1.165, 1.54) is 0 Å². The van der Waals surface area contributed by atoms with Crippen LogP contribution in [0, 0.1) is 0 Å². The second kappa shape index (κ2) is 9.50. The number of hydrogen-bond donors (Lipinski definition) is 2. The smallest absolute Gasteiger partial charge is 0.191 e. The molecule has 0 fully saturated rings. The minimum atomic E-state index is 0.534. The van der Waals surface area contributed by atoms with Gasteiger partial charge in [-0.1, -0.05) is 0 Å². The average Bonchev–Trinajstić information content (AvgIpc) is 3.13. The van der Waals surface area contributed by atoms with Gasteiger partial charge in [0.2, 0.25) is 0 Å². The van der Waals surface area contributed by atoms with E-state index in [1.54, 1.807) is 14.2 Å². The first-order chi connectivity index (χ1) is 11.8. The summed E-state index contributed by atoms with van der Waals surface area (Å²) in [4.78, 5) is 4.63. The van der Waals surface area contributed by atoms with Crippen LogP contribution < -0.4 is 20.1 Å². The van der Waals surface area contributed by atoms with Gasteiger partial charge in [-0.25, -0.2) is 4.99 Å². The third-order valence-corrected chi connectivity index (χ3v) is 3.57. The van der Waals surface area contributed by atoms with Crippen LogP contribution >= 0.6 is 0 Å². The van der Waals surface area contributed by atoms with Crippen LogP contribution in [-0.2, 0) is 13.1 Å². The van der Waals surface area contributed by atoms with E-state index < -0.39 is 0 Å². The van der Waals surface area contributed by atoms with Gasteiger partial charge in [0, 0.05) is 43.7 Å². The van der Waals surface area contributed by atoms with Crippen LogP contribution in [0.2, 0.25) is 0 Å². The molecule has 6 heteroatoms. The van der Waals surface area contributed by atoms with Gasteiger partial charge in [-0.05, 0) is 31.2 Å². The molecule has 2 aromatic rings. The van der Waals surface area contributed by atoms with Gasteiger partial charge in [-0.3, -0.25) is 0 Å². The van der Waals surface area contributed by atoms with Crippen molar-refractivity contribution in [2.24, 2.45) is 4.99 Å². The van der Waals surface area contributed by atoms with Crippen molar-refractivity contribution in [3.05, 3.63) is 48.3 Å². The molecule has 0 bridgehead atoms. The summed E-state index contributed by atoms with van der Waals surface area (Å²) < 4.78 is 12.8. The van der Waals surface area contributed by atoms with Crippen LogP contribution in [0.5, 0.6) is 11.5 Å². The zero-order chi connectivity index (χ0) is 17.2. The SMILES string of the molecule is CCNC(=NCc1ccc(OC)cc1OC)NCCn1cccc1. The second-order valence-corrected chi connectivity index (χ2v) is 5.22. The summed E-state index contributed by atoms with van der Waals surface area (Å²) in [6, 6.07) is 9.81. The molecule has 2 rings (SSSR count). The number of benzene rings is 1. The topological polar surface area (TPSA) is 59.8 Å². The van der Waals surface area contributed by atoms with Crippen LogP contribution in [0.4, 0.5) is 0 Å². The zero-order valence-corrected chi connectivity index (χ0v) is 14.6. The van der Waals surface area contributed by atoms with Crippen molar-refractivity contribution in [2.45, 2.75) is 20.0 Å². The molecule has 1 heterocycles. The van der Waals surface area contributed by atoms with Gasteiger partial charge in [-0.2, -0.15) is 0 Å². The number of nitrogens with zero attached hydrogens (tertiary/aromatic N) is 2. The van der Waals surface area contributed by atoms with E-state index in [0.29, 0.717) is 6.54 Å². The lowest BCUT2D eigenvalue weighted by Crippen LogP contribution is -2.38. The van der Waals surface area contributed by atoms with Crippen LogP contribution in [0.3, 0.4) is 0 Å². The number of aliphatic imine (C=N–C) groups is 1. The molecule has 2 N–H and O–H groups in total. The van der Waals surface area contributed by atoms with Crippen molar-refractivity contribution in [1.82, 2.24) is 15.2 Å². The van der Waals surface area contributed by atoms with Gasteiger partial charge in [0.05, 0.1) is 20.8 Å². The van der Waals surface area contributed by atoms with E-state index in [2.05, 4.69) is 27.1 Å². The third-order valence-electron chi connectivity index (χ3n) is 3.57. The summed E-state index contributed by atoms with van der Waals surface area (Å²) in [5, 5.41) is 6.60. The first kappa shape index (κ1) is 17.7. The van der Waals surface area contributed by atoms with Gasteiger partial charge in [0.15, 0.2) is 5.96 Å². The Hall–Kier alpha value is -2.63. The lowest BCUT2D eigenvalue weighted by Gasteiger charge is -2.13. The lowest BCUT2D eigenvalue weighted by molar-refractivity contribution is 0.391. The molecule has 0 aliphatic carbocycles. The Morgan fingerprint density at radius 1 is 1.12 bits per heavy atom. The number of aromatic nitrogens is 1. The first-order valence-electron chi connectivity index (χ1n) is 8.10. The van der Waals surface area contributed by atoms with Crippen molar-refractivity contribution in [1.29, 1.82) is 0 Å². The largest absolute Gasteiger partial charge is 0.497 e. The minimum Gasteiger partial charge on any atom is -0.497 e. The summed E-state index contributed by atoms with van der Waals surface area (Å²) >= 11 is 0. The molecule has 0 saturated carbocycles. The van der Waals surface area contributed by atoms with Gasteiger partial charge >= 0.3 is 0 Å². The quantitative estimate of drug-likeness (QED) is 0.576. The Morgan fingerprint density at radius 3 is 2.58 bits per heavy atom. The maximum absolute atomic E-state index is 5.42. The predicted molar refractivity (Wildman–Crippen MR) is 96.8 cm³/mol. The number of hydrogen-bond acceptors (Lipinski definition) is 3. The molecule has 0 atom stereocenters. The number of ether oxygens (including phenoxy) is 2. The van der Waals surface area contributed by atoms with Crippen molar-refractivity contribution < 1.29 is 9.47 Å². The molecule has 24 heavy (non-hydrogen) atoms. The highest BCUT2D eigenvalue weighted by Gasteiger charge is 2.05. The lowest BCUT2D eigenvalue weighted by atomic mass is 10.2. The van der Waals surface area contributed by atoms with E-state index in [4.69, 9.17) is 9.47 Å². The zero-order valence-electron chi connectivity index (χ0n) is 14.6. The van der Waals surface area contributed by atoms with E-state index in [-0.39, 0.29) is 0 Å². The standard InChI is InChI=1S/C18H26N4O2/c1-4-19-18(20-9-12-22-10-5-6-11-22)21-14-15-7-8-16(23-2)13-17(15)24-3/h5-8,10-11,13H,4,9,12,14H2,1-3H3,(H2,19,20,21). The molecule has 1 aromatic heterocycles. The van der Waals surface area contributed by atoms with Crippen molar-refractivity contribution in [3.63, 3.8) is 0 Å². The van der Waals surface area contributed by atoms with Crippen LogP contribution in [-0.4, -0.2) is 37.8 Å². The maximum Gasteiger partial charge on any atom is 0.191 e. The molecule has 0 unspecified atom stereocenters. The molecule has 130 valence electrons. The highest BCUT2D eigenvalue weighted by Crippen LogP contribution is 2.25. The molecule has 6 nitrogen and oxygen atoms in total. The molecule has 0 aliphatic rings. The Bertz CT molecular complexity index is 638. The molecular formula is C18H26N4O2. The number of nitrogens with one attached hydrogen (secondary N) is 2. The Morgan fingerprint density at radius 2 is 1.92 bits per heavy atom. The average molecular weight is 330 g/mol. The van der Waals surface area contributed by atoms with Gasteiger partial charge < -0.3 is 24.7 Å². The van der Waals surface area contributed by atoms with Crippen LogP contribution in [0.1, 0.15) is 12.5 Å². The fraction of sp³-hybridized carbons (Fsp3) is 0.389. The maximum atomic E-state index is 5.42. The normalized spacial score (nSPS) is 11.2. The van der Waals surface area contributed by atoms with Crippen LogP contribution in [0.15, 0.2) is 47.7 Å². The summed E-state index contributed by atoms with van der Waals surface area (Å²) in [7, 11) is 3.30. The Labute approximate surface area is 143 Å². The van der Waals surface area contributed by atoms with E-state index in [0.717, 1.165) is 42.7 Å². The van der Waals surface area contributed by atoms with Crippen molar-refractivity contribution >= 4 is 5.96 Å². The first-order valence-corrected chi connectivity index (χ1v) is 8.10. The molecule has 1 aromatic carbocycles. The van der Waals surface area contributed by atoms with E-state index in [1.807, 2.05) is 42.7 Å². The number of rotatable bonds is 8. The van der Waals surface area contributed by atoms with Gasteiger partial charge in [0.1, 0.15) is 11.5 Å². The van der Waals surface area contributed by atoms with Crippen molar-refractivity contribution in [2.75, 3.05) is 27.3 Å². The summed E-state index contributed by atoms with van der Waals surface area (Å²) in [5.41, 5.74) is 1.01. The molecule has 0 spiro atoms. The monoisotopic (exact) mass is 330 g/mol. The summed E-state index contributed by atoms with van der Waals surface area (Å²) in [6.45, 7) is 5.10. The fourth-order valence-corrected chi connectivity index (χ4v) is 2.31. The second-order valence-electron chi connectivity index (χ2n) is 5.22. The number of guanidine groups is 1. The van der Waals surface area contributed by atoms with Crippen molar-refractivity contribution in [3.8, 4) is 11.5 Å². The highest BCUT2D eigenvalue weighted by atomic mass is 16.5. The molecular weight excluding hydrogens is 304 g/mol. The van der Waals surface area contributed by atoms with E-state index >= 15 is 0 Å². The summed E-state index contributed by atoms with van der Waals surface area (Å²) in [5.74, 6) is 2.35. The van der Waals surface area contributed by atoms with E-state index in [9.17, 15) is 0 Å². The molecule has 0 radical (unpaired) electrons. The molecule has 0 saturated heterocycles. The Balaban J connectivity index is 1.96. The highest BCUT2D eigenvalue weighted by molar-refractivity contribution is 5.79. The van der Waals surface area contributed by atoms with Gasteiger partial charge in [0.25, 0.3) is 0 Å².